The fourth-order valence-electron chi connectivity index (χ4n) is 2.93. The second-order valence-corrected chi connectivity index (χ2v) is 7.84. The second-order valence-electron chi connectivity index (χ2n) is 6.02. The smallest absolute Gasteiger partial charge is 0.387 e. The van der Waals surface area contributed by atoms with Crippen LogP contribution in [0.15, 0.2) is 12.7 Å². The zero-order chi connectivity index (χ0) is 18.3. The fourth-order valence-corrected chi connectivity index (χ4v) is 4.33. The van der Waals surface area contributed by atoms with E-state index in [0.29, 0.717) is 24.3 Å². The second kappa shape index (κ2) is 6.82. The van der Waals surface area contributed by atoms with Crippen molar-refractivity contribution in [1.82, 2.24) is 24.6 Å². The SMILES string of the molecule is Nc1ncnc2c1ncn2[C@H]1O[C@H](CO[P@@]2(=O)NCCCO2)[C@@H](O)[C@@H]1O. The summed E-state index contributed by atoms with van der Waals surface area (Å²) < 4.78 is 29.9. The van der Waals surface area contributed by atoms with Crippen LogP contribution in [-0.4, -0.2) is 67.8 Å². The van der Waals surface area contributed by atoms with E-state index in [9.17, 15) is 14.8 Å². The molecule has 0 radical (unpaired) electrons. The molecule has 5 atom stereocenters. The van der Waals surface area contributed by atoms with E-state index in [1.54, 1.807) is 0 Å². The number of imidazole rings is 1. The van der Waals surface area contributed by atoms with E-state index in [2.05, 4.69) is 20.0 Å². The van der Waals surface area contributed by atoms with Gasteiger partial charge in [-0.3, -0.25) is 13.6 Å². The lowest BCUT2D eigenvalue weighted by Gasteiger charge is -2.25. The zero-order valence-electron chi connectivity index (χ0n) is 13.6. The van der Waals surface area contributed by atoms with Crippen molar-refractivity contribution in [3.05, 3.63) is 12.7 Å². The Balaban J connectivity index is 1.50. The number of aromatic nitrogens is 4. The number of rotatable bonds is 4. The number of nitrogens with zero attached hydrogens (tertiary/aromatic N) is 4. The maximum atomic E-state index is 12.3. The summed E-state index contributed by atoms with van der Waals surface area (Å²) in [7, 11) is -3.42. The quantitative estimate of drug-likeness (QED) is 0.484. The molecule has 2 fully saturated rings. The number of nitrogens with two attached hydrogens (primary N) is 1. The molecule has 2 aliphatic rings. The fraction of sp³-hybridized carbons (Fsp3) is 0.615. The summed E-state index contributed by atoms with van der Waals surface area (Å²) in [5.41, 5.74) is 6.47. The first-order valence-corrected chi connectivity index (χ1v) is 9.62. The van der Waals surface area contributed by atoms with Gasteiger partial charge in [0, 0.05) is 6.54 Å². The molecule has 2 aliphatic heterocycles. The summed E-state index contributed by atoms with van der Waals surface area (Å²) in [6.45, 7) is 0.618. The molecule has 13 heteroatoms. The molecule has 0 unspecified atom stereocenters. The lowest BCUT2D eigenvalue weighted by molar-refractivity contribution is -0.0497. The Hall–Kier alpha value is -1.66. The maximum Gasteiger partial charge on any atom is 0.405 e. The van der Waals surface area contributed by atoms with E-state index >= 15 is 0 Å². The molecule has 0 saturated carbocycles. The molecule has 0 aromatic carbocycles. The number of ether oxygens (including phenoxy) is 1. The number of anilines is 1. The number of aliphatic hydroxyl groups excluding tert-OH is 2. The van der Waals surface area contributed by atoms with Gasteiger partial charge in [0.2, 0.25) is 0 Å². The van der Waals surface area contributed by atoms with Crippen molar-refractivity contribution in [3.63, 3.8) is 0 Å². The first-order chi connectivity index (χ1) is 12.5. The number of nitrogens with one attached hydrogen (secondary N) is 1. The highest BCUT2D eigenvalue weighted by Crippen LogP contribution is 2.46. The molecular formula is C13H19N6O6P. The number of fused-ring (bicyclic) bond motifs is 1. The third-order valence-corrected chi connectivity index (χ3v) is 5.92. The average Bonchev–Trinajstić information content (AvgIpc) is 3.17. The Labute approximate surface area is 147 Å². The molecule has 0 spiro atoms. The van der Waals surface area contributed by atoms with Gasteiger partial charge < -0.3 is 20.7 Å². The minimum Gasteiger partial charge on any atom is -0.387 e. The Morgan fingerprint density at radius 1 is 1.38 bits per heavy atom. The van der Waals surface area contributed by atoms with Gasteiger partial charge in [-0.05, 0) is 6.42 Å². The molecule has 2 aromatic heterocycles. The minimum absolute atomic E-state index is 0.195. The summed E-state index contributed by atoms with van der Waals surface area (Å²) in [5, 5.41) is 23.3. The van der Waals surface area contributed by atoms with Crippen molar-refractivity contribution in [1.29, 1.82) is 0 Å². The zero-order valence-corrected chi connectivity index (χ0v) is 14.5. The first-order valence-electron chi connectivity index (χ1n) is 8.07. The molecular weight excluding hydrogens is 367 g/mol. The van der Waals surface area contributed by atoms with Crippen LogP contribution in [0.4, 0.5) is 5.82 Å². The standard InChI is InChI=1S/C13H19N6O6P/c14-11-8-12(16-5-15-11)19(6-17-8)13-10(21)9(20)7(25-13)4-24-26(22)18-2-1-3-23-26/h5-7,9-10,13,20-21H,1-4H2,(H,18,22)(H2,14,15,16)/t7-,9-,10+,13+,26-/m1/s1. The Bertz CT molecular complexity index is 838. The Morgan fingerprint density at radius 3 is 3.00 bits per heavy atom. The highest BCUT2D eigenvalue weighted by molar-refractivity contribution is 7.51. The Morgan fingerprint density at radius 2 is 2.23 bits per heavy atom. The van der Waals surface area contributed by atoms with E-state index in [1.165, 1.54) is 17.2 Å². The van der Waals surface area contributed by atoms with Crippen LogP contribution in [0, 0.1) is 0 Å². The predicted molar refractivity (Wildman–Crippen MR) is 87.8 cm³/mol. The van der Waals surface area contributed by atoms with E-state index in [4.69, 9.17) is 19.5 Å². The molecule has 2 aromatic rings. The van der Waals surface area contributed by atoms with E-state index in [-0.39, 0.29) is 12.4 Å². The van der Waals surface area contributed by atoms with Crippen molar-refractivity contribution in [2.75, 3.05) is 25.5 Å². The first kappa shape index (κ1) is 17.7. The van der Waals surface area contributed by atoms with Gasteiger partial charge in [0.25, 0.3) is 0 Å². The van der Waals surface area contributed by atoms with Crippen molar-refractivity contribution < 1.29 is 28.6 Å². The molecule has 12 nitrogen and oxygen atoms in total. The van der Waals surface area contributed by atoms with Crippen LogP contribution in [0.1, 0.15) is 12.6 Å². The number of nitrogen functional groups attached to an aromatic ring is 1. The third kappa shape index (κ3) is 3.09. The van der Waals surface area contributed by atoms with E-state index < -0.39 is 32.3 Å². The minimum atomic E-state index is -3.42. The van der Waals surface area contributed by atoms with Crippen molar-refractivity contribution in [2.45, 2.75) is 31.0 Å². The molecule has 5 N–H and O–H groups in total. The van der Waals surface area contributed by atoms with Gasteiger partial charge in [-0.1, -0.05) is 0 Å². The molecule has 0 aliphatic carbocycles. The van der Waals surface area contributed by atoms with Crippen molar-refractivity contribution in [2.24, 2.45) is 0 Å². The lowest BCUT2D eigenvalue weighted by atomic mass is 10.1. The average molecular weight is 386 g/mol. The Kier molecular flexibility index (Phi) is 4.65. The maximum absolute atomic E-state index is 12.3. The number of hydrogen-bond acceptors (Lipinski definition) is 10. The molecule has 4 rings (SSSR count). The molecule has 4 heterocycles. The van der Waals surface area contributed by atoms with Gasteiger partial charge in [0.05, 0.1) is 19.5 Å². The van der Waals surface area contributed by atoms with Crippen molar-refractivity contribution in [3.8, 4) is 0 Å². The van der Waals surface area contributed by atoms with Gasteiger partial charge in [-0.25, -0.2) is 24.6 Å². The third-order valence-electron chi connectivity index (χ3n) is 4.30. The molecule has 26 heavy (non-hydrogen) atoms. The van der Waals surface area contributed by atoms with Crippen LogP contribution in [0.3, 0.4) is 0 Å². The summed E-state index contributed by atoms with van der Waals surface area (Å²) in [6.07, 6.45) is -0.996. The highest BCUT2D eigenvalue weighted by atomic mass is 31.2. The summed E-state index contributed by atoms with van der Waals surface area (Å²) in [5.74, 6) is 0.195. The molecule has 142 valence electrons. The van der Waals surface area contributed by atoms with Crippen molar-refractivity contribution >= 4 is 24.7 Å². The van der Waals surface area contributed by atoms with Crippen LogP contribution < -0.4 is 10.8 Å². The van der Waals surface area contributed by atoms with Crippen LogP contribution in [0.25, 0.3) is 11.2 Å². The van der Waals surface area contributed by atoms with Crippen LogP contribution >= 0.6 is 7.75 Å². The number of hydrogen-bond donors (Lipinski definition) is 4. The van der Waals surface area contributed by atoms with Gasteiger partial charge in [0.15, 0.2) is 17.7 Å². The molecule has 2 saturated heterocycles. The molecule has 0 bridgehead atoms. The normalized spacial score (nSPS) is 35.2. The van der Waals surface area contributed by atoms with Gasteiger partial charge in [-0.2, -0.15) is 0 Å². The van der Waals surface area contributed by atoms with Crippen LogP contribution in [0.5, 0.6) is 0 Å². The summed E-state index contributed by atoms with van der Waals surface area (Å²) >= 11 is 0. The molecule has 0 amide bonds. The topological polar surface area (TPSA) is 167 Å². The van der Waals surface area contributed by atoms with Gasteiger partial charge in [0.1, 0.15) is 30.2 Å². The number of aliphatic hydroxyl groups is 2. The van der Waals surface area contributed by atoms with Crippen LogP contribution in [-0.2, 0) is 18.3 Å². The summed E-state index contributed by atoms with van der Waals surface area (Å²) in [4.78, 5) is 12.1. The van der Waals surface area contributed by atoms with E-state index in [1.807, 2.05) is 0 Å². The lowest BCUT2D eigenvalue weighted by Crippen LogP contribution is -2.34. The van der Waals surface area contributed by atoms with Gasteiger partial charge in [-0.15, -0.1) is 0 Å². The van der Waals surface area contributed by atoms with Gasteiger partial charge >= 0.3 is 7.75 Å². The predicted octanol–water partition coefficient (Wildman–Crippen LogP) is -0.838. The van der Waals surface area contributed by atoms with E-state index in [0.717, 1.165) is 6.42 Å². The monoisotopic (exact) mass is 386 g/mol. The summed E-state index contributed by atoms with van der Waals surface area (Å²) in [6, 6.07) is 0. The highest BCUT2D eigenvalue weighted by Gasteiger charge is 2.45. The van der Waals surface area contributed by atoms with Crippen LogP contribution in [0.2, 0.25) is 0 Å². The largest absolute Gasteiger partial charge is 0.405 e.